The maximum absolute atomic E-state index is 14.2. The second-order valence-corrected chi connectivity index (χ2v) is 11.3. The molecule has 6 heterocycles. The van der Waals surface area contributed by atoms with Gasteiger partial charge in [-0.3, -0.25) is 13.6 Å². The van der Waals surface area contributed by atoms with Crippen LogP contribution in [0.3, 0.4) is 0 Å². The summed E-state index contributed by atoms with van der Waals surface area (Å²) in [7, 11) is -4.66. The first-order valence-corrected chi connectivity index (χ1v) is 13.8. The largest absolute Gasteiger partial charge is 0.476 e. The lowest BCUT2D eigenvalue weighted by Crippen LogP contribution is -2.38. The van der Waals surface area contributed by atoms with Crippen LogP contribution >= 0.6 is 7.82 Å². The third kappa shape index (κ3) is 5.76. The molecule has 6 fully saturated rings. The molecule has 12 atom stereocenters. The van der Waals surface area contributed by atoms with Gasteiger partial charge < -0.3 is 42.9 Å². The van der Waals surface area contributed by atoms with Gasteiger partial charge in [-0.15, -0.1) is 30.3 Å². The van der Waals surface area contributed by atoms with E-state index in [4.69, 9.17) is 42.0 Å². The predicted molar refractivity (Wildman–Crippen MR) is 116 cm³/mol. The van der Waals surface area contributed by atoms with Gasteiger partial charge in [0.2, 0.25) is 0 Å². The molecule has 0 aromatic carbocycles. The SMILES string of the molecule is O=[N+]([O-])O[C@@H]1CO[C@H]2[C@@H]1OC[C@@H]2OP(=O)(O[C@H]1CO[C@H]2[C@@H]1OC[C@H]2O[N+](=O)[O-])O[C@H]1CO[C@H]2[C@@H]1OC[C@H]2O[N+](=O)[O-]. The van der Waals surface area contributed by atoms with Gasteiger partial charge in [0.05, 0.1) is 39.6 Å². The van der Waals surface area contributed by atoms with Crippen molar-refractivity contribution in [1.82, 2.24) is 0 Å². The maximum Gasteiger partial charge on any atom is 0.476 e. The van der Waals surface area contributed by atoms with E-state index in [0.29, 0.717) is 0 Å². The van der Waals surface area contributed by atoms with Gasteiger partial charge in [0.15, 0.2) is 18.3 Å². The molecule has 0 aliphatic carbocycles. The quantitative estimate of drug-likeness (QED) is 0.135. The Labute approximate surface area is 228 Å². The third-order valence-electron chi connectivity index (χ3n) is 7.35. The van der Waals surface area contributed by atoms with Crippen LogP contribution in [0.5, 0.6) is 0 Å². The average molecular weight is 617 g/mol. The van der Waals surface area contributed by atoms with Crippen LogP contribution in [-0.4, -0.2) is 128 Å². The lowest BCUT2D eigenvalue weighted by atomic mass is 10.1. The zero-order valence-electron chi connectivity index (χ0n) is 20.7. The molecule has 6 rings (SSSR count). The molecule has 0 amide bonds. The summed E-state index contributed by atoms with van der Waals surface area (Å²) < 4.78 is 65.0. The fourth-order valence-corrected chi connectivity index (χ4v) is 7.42. The van der Waals surface area contributed by atoms with Crippen LogP contribution in [0.25, 0.3) is 0 Å². The minimum Gasteiger partial charge on any atom is -0.370 e. The molecule has 0 spiro atoms. The van der Waals surface area contributed by atoms with Crippen molar-refractivity contribution < 1.29 is 76.3 Å². The minimum atomic E-state index is -4.66. The third-order valence-corrected chi connectivity index (χ3v) is 8.93. The first-order valence-electron chi connectivity index (χ1n) is 12.4. The van der Waals surface area contributed by atoms with E-state index in [9.17, 15) is 34.9 Å². The van der Waals surface area contributed by atoms with Gasteiger partial charge in [-0.1, -0.05) is 0 Å². The summed E-state index contributed by atoms with van der Waals surface area (Å²) in [5.74, 6) is 0. The van der Waals surface area contributed by atoms with Crippen LogP contribution in [-0.2, 0) is 61.1 Å². The minimum absolute atomic E-state index is 0.194. The van der Waals surface area contributed by atoms with Crippen LogP contribution in [0.1, 0.15) is 0 Å². The van der Waals surface area contributed by atoms with Crippen molar-refractivity contribution in [3.63, 3.8) is 0 Å². The molecule has 0 saturated carbocycles. The van der Waals surface area contributed by atoms with Gasteiger partial charge in [0, 0.05) is 0 Å². The normalized spacial score (nSPS) is 42.9. The van der Waals surface area contributed by atoms with Crippen molar-refractivity contribution in [2.24, 2.45) is 0 Å². The lowest BCUT2D eigenvalue weighted by molar-refractivity contribution is -0.769. The number of phosphoric ester groups is 1. The Bertz CT molecular complexity index is 955. The van der Waals surface area contributed by atoms with Crippen LogP contribution < -0.4 is 0 Å². The number of hydrogen-bond acceptors (Lipinski definition) is 19. The monoisotopic (exact) mass is 617 g/mol. The molecule has 0 unspecified atom stereocenters. The van der Waals surface area contributed by atoms with Crippen molar-refractivity contribution in [2.45, 2.75) is 73.2 Å². The van der Waals surface area contributed by atoms with E-state index in [1.54, 1.807) is 0 Å². The first-order chi connectivity index (χ1) is 19.6. The highest BCUT2D eigenvalue weighted by Gasteiger charge is 2.58. The molecule has 41 heavy (non-hydrogen) atoms. The number of nitrogens with zero attached hydrogens (tertiary/aromatic N) is 3. The summed E-state index contributed by atoms with van der Waals surface area (Å²) in [5, 5.41) is 29.5. The van der Waals surface area contributed by atoms with Crippen LogP contribution in [0, 0.1) is 30.3 Å². The Balaban J connectivity index is 1.17. The number of hydrogen-bond donors (Lipinski definition) is 0. The van der Waals surface area contributed by atoms with Gasteiger partial charge in [-0.05, 0) is 0 Å². The number of fused-ring (bicyclic) bond motifs is 3. The molecule has 22 nitrogen and oxygen atoms in total. The fourth-order valence-electron chi connectivity index (χ4n) is 5.73. The van der Waals surface area contributed by atoms with E-state index < -0.39 is 96.3 Å². The van der Waals surface area contributed by atoms with Crippen molar-refractivity contribution >= 4 is 7.82 Å². The molecule has 0 radical (unpaired) electrons. The van der Waals surface area contributed by atoms with Gasteiger partial charge in [-0.25, -0.2) is 4.57 Å². The summed E-state index contributed by atoms with van der Waals surface area (Å²) in [4.78, 5) is 46.2. The second kappa shape index (κ2) is 11.3. The zero-order chi connectivity index (χ0) is 28.9. The Kier molecular flexibility index (Phi) is 7.86. The Morgan fingerprint density at radius 1 is 0.463 bits per heavy atom. The summed E-state index contributed by atoms with van der Waals surface area (Å²) >= 11 is 0. The summed E-state index contributed by atoms with van der Waals surface area (Å²) in [6.45, 7) is -1.22. The molecule has 0 aromatic rings. The molecule has 6 aliphatic rings. The Morgan fingerprint density at radius 2 is 0.683 bits per heavy atom. The summed E-state index contributed by atoms with van der Waals surface area (Å²) in [5.41, 5.74) is 0. The van der Waals surface area contributed by atoms with Crippen LogP contribution in [0.4, 0.5) is 0 Å². The molecule has 0 aromatic heterocycles. The molecular formula is C18H24N3O19P. The van der Waals surface area contributed by atoms with Crippen molar-refractivity contribution in [1.29, 1.82) is 0 Å². The molecule has 0 bridgehead atoms. The first kappa shape index (κ1) is 28.6. The smallest absolute Gasteiger partial charge is 0.370 e. The van der Waals surface area contributed by atoms with Crippen molar-refractivity contribution in [3.8, 4) is 0 Å². The lowest BCUT2D eigenvalue weighted by Gasteiger charge is -2.29. The standard InChI is InChI=1S/C18H24N3O19P/c22-19(23)35-7-1-29-16-10(4-32-13(7)16)38-41(28,39-11-5-33-14-8(36-20(24)25)2-30-17(11)14)40-12-6-34-15-9(37-21(26)27)3-31-18(12)15/h7-18H,1-6H2/t7-,8-,9-,10+,11+,12+,13-,14-,15-,16-,17-,18-/m1/s1. The predicted octanol–water partition coefficient (Wildman–Crippen LogP) is -1.63. The number of rotatable bonds is 12. The molecule has 6 saturated heterocycles. The van der Waals surface area contributed by atoms with E-state index in [0.717, 1.165) is 0 Å². The Morgan fingerprint density at radius 3 is 0.927 bits per heavy atom. The summed E-state index contributed by atoms with van der Waals surface area (Å²) in [6.07, 6.45) is -11.9. The van der Waals surface area contributed by atoms with Gasteiger partial charge in [0.1, 0.15) is 54.9 Å². The van der Waals surface area contributed by atoms with Gasteiger partial charge in [0.25, 0.3) is 15.3 Å². The van der Waals surface area contributed by atoms with Crippen molar-refractivity contribution in [3.05, 3.63) is 30.3 Å². The van der Waals surface area contributed by atoms with Gasteiger partial charge >= 0.3 is 7.82 Å². The Hall–Kier alpha value is -2.53. The van der Waals surface area contributed by atoms with E-state index in [-0.39, 0.29) is 39.6 Å². The molecule has 230 valence electrons. The average Bonchev–Trinajstić information content (AvgIpc) is 3.70. The molecular weight excluding hydrogens is 593 g/mol. The molecule has 23 heteroatoms. The van der Waals surface area contributed by atoms with Crippen LogP contribution in [0.15, 0.2) is 0 Å². The maximum atomic E-state index is 14.2. The van der Waals surface area contributed by atoms with Crippen molar-refractivity contribution in [2.75, 3.05) is 39.6 Å². The van der Waals surface area contributed by atoms with E-state index in [1.807, 2.05) is 0 Å². The highest BCUT2D eigenvalue weighted by Crippen LogP contribution is 2.57. The van der Waals surface area contributed by atoms with E-state index in [2.05, 4.69) is 14.5 Å². The number of ether oxygens (including phenoxy) is 6. The zero-order valence-corrected chi connectivity index (χ0v) is 21.6. The van der Waals surface area contributed by atoms with E-state index in [1.165, 1.54) is 0 Å². The van der Waals surface area contributed by atoms with Crippen LogP contribution in [0.2, 0.25) is 0 Å². The topological polar surface area (TPSA) is 257 Å². The van der Waals surface area contributed by atoms with E-state index >= 15 is 0 Å². The highest BCUT2D eigenvalue weighted by atomic mass is 31.2. The molecule has 6 aliphatic heterocycles. The molecule has 0 N–H and O–H groups in total. The fraction of sp³-hybridized carbons (Fsp3) is 1.00. The van der Waals surface area contributed by atoms with Gasteiger partial charge in [-0.2, -0.15) is 0 Å². The second-order valence-electron chi connectivity index (χ2n) is 9.77. The number of phosphoric acid groups is 1. The highest BCUT2D eigenvalue weighted by molar-refractivity contribution is 7.48. The summed E-state index contributed by atoms with van der Waals surface area (Å²) in [6, 6.07) is 0.